The van der Waals surface area contributed by atoms with E-state index in [0.717, 1.165) is 44.1 Å². The van der Waals surface area contributed by atoms with Gasteiger partial charge in [-0.1, -0.05) is 5.16 Å². The normalized spacial score (nSPS) is 31.2. The zero-order valence-corrected chi connectivity index (χ0v) is 8.69. The molecule has 3 heterocycles. The molecule has 15 heavy (non-hydrogen) atoms. The molecule has 0 N–H and O–H groups in total. The standard InChI is InChI=1S/C11H15N2O2/c1-2-9(12-4-1)11-6-10(13-15-11)8-3-5-14-7-8/h6,8-9H,1-5,7H2. The molecule has 2 saturated heterocycles. The number of nitrogens with zero attached hydrogens (tertiary/aromatic N) is 2. The first-order valence-electron chi connectivity index (χ1n) is 5.64. The number of ether oxygens (including phenoxy) is 1. The molecule has 4 nitrogen and oxygen atoms in total. The van der Waals surface area contributed by atoms with Crippen LogP contribution in [0.5, 0.6) is 0 Å². The summed E-state index contributed by atoms with van der Waals surface area (Å²) in [5, 5.41) is 8.61. The fourth-order valence-electron chi connectivity index (χ4n) is 2.28. The Morgan fingerprint density at radius 3 is 3.07 bits per heavy atom. The molecule has 0 amide bonds. The van der Waals surface area contributed by atoms with Crippen molar-refractivity contribution in [3.8, 4) is 0 Å². The Kier molecular flexibility index (Phi) is 2.46. The van der Waals surface area contributed by atoms with E-state index in [1.807, 2.05) is 0 Å². The van der Waals surface area contributed by atoms with Gasteiger partial charge in [-0.15, -0.1) is 0 Å². The van der Waals surface area contributed by atoms with E-state index in [9.17, 15) is 0 Å². The molecule has 1 aromatic rings. The van der Waals surface area contributed by atoms with E-state index in [0.29, 0.717) is 5.92 Å². The predicted octanol–water partition coefficient (Wildman–Crippen LogP) is 1.62. The minimum atomic E-state index is 0.258. The molecule has 4 heteroatoms. The molecule has 81 valence electrons. The molecule has 1 aromatic heterocycles. The van der Waals surface area contributed by atoms with Crippen LogP contribution < -0.4 is 5.32 Å². The van der Waals surface area contributed by atoms with Crippen molar-refractivity contribution >= 4 is 0 Å². The summed E-state index contributed by atoms with van der Waals surface area (Å²) in [6.45, 7) is 2.60. The minimum absolute atomic E-state index is 0.258. The van der Waals surface area contributed by atoms with Crippen molar-refractivity contribution in [1.29, 1.82) is 0 Å². The van der Waals surface area contributed by atoms with Gasteiger partial charge in [-0.25, -0.2) is 5.32 Å². The molecular weight excluding hydrogens is 192 g/mol. The van der Waals surface area contributed by atoms with Gasteiger partial charge in [0, 0.05) is 25.1 Å². The van der Waals surface area contributed by atoms with Gasteiger partial charge in [-0.3, -0.25) is 0 Å². The van der Waals surface area contributed by atoms with E-state index in [4.69, 9.17) is 9.26 Å². The highest BCUT2D eigenvalue weighted by molar-refractivity contribution is 5.15. The van der Waals surface area contributed by atoms with Crippen LogP contribution in [-0.4, -0.2) is 24.9 Å². The summed E-state index contributed by atoms with van der Waals surface area (Å²) in [4.78, 5) is 0. The Balaban J connectivity index is 1.74. The molecule has 2 unspecified atom stereocenters. The van der Waals surface area contributed by atoms with Crippen molar-refractivity contribution in [2.24, 2.45) is 0 Å². The van der Waals surface area contributed by atoms with Gasteiger partial charge in [-0.2, -0.15) is 0 Å². The molecule has 0 bridgehead atoms. The monoisotopic (exact) mass is 207 g/mol. The van der Waals surface area contributed by atoms with E-state index >= 15 is 0 Å². The van der Waals surface area contributed by atoms with E-state index in [1.165, 1.54) is 6.42 Å². The molecule has 2 atom stereocenters. The third kappa shape index (κ3) is 1.79. The molecule has 0 spiro atoms. The van der Waals surface area contributed by atoms with Crippen LogP contribution in [0, 0.1) is 0 Å². The van der Waals surface area contributed by atoms with Crippen molar-refractivity contribution in [1.82, 2.24) is 10.5 Å². The SMILES string of the molecule is c1c(C2CCOC2)noc1C1CCC[N]1. The smallest absolute Gasteiger partial charge is 0.155 e. The third-order valence-corrected chi connectivity index (χ3v) is 3.21. The first-order valence-corrected chi connectivity index (χ1v) is 5.64. The maximum atomic E-state index is 5.36. The van der Waals surface area contributed by atoms with Crippen molar-refractivity contribution in [2.75, 3.05) is 19.8 Å². The number of rotatable bonds is 2. The third-order valence-electron chi connectivity index (χ3n) is 3.21. The Hall–Kier alpha value is -0.870. The largest absolute Gasteiger partial charge is 0.381 e. The van der Waals surface area contributed by atoms with Crippen LogP contribution in [0.15, 0.2) is 10.6 Å². The second-order valence-electron chi connectivity index (χ2n) is 4.28. The zero-order chi connectivity index (χ0) is 10.1. The summed E-state index contributed by atoms with van der Waals surface area (Å²) in [7, 11) is 0. The van der Waals surface area contributed by atoms with Gasteiger partial charge in [0.2, 0.25) is 0 Å². The number of hydrogen-bond acceptors (Lipinski definition) is 3. The average molecular weight is 207 g/mol. The van der Waals surface area contributed by atoms with E-state index in [-0.39, 0.29) is 6.04 Å². The van der Waals surface area contributed by atoms with Crippen molar-refractivity contribution in [3.63, 3.8) is 0 Å². The highest BCUT2D eigenvalue weighted by Gasteiger charge is 2.26. The lowest BCUT2D eigenvalue weighted by Gasteiger charge is -2.01. The van der Waals surface area contributed by atoms with Crippen LogP contribution in [0.4, 0.5) is 0 Å². The summed E-state index contributed by atoms with van der Waals surface area (Å²) < 4.78 is 10.7. The van der Waals surface area contributed by atoms with E-state index in [2.05, 4.69) is 16.5 Å². The lowest BCUT2D eigenvalue weighted by atomic mass is 10.0. The highest BCUT2D eigenvalue weighted by atomic mass is 16.5. The molecule has 2 fully saturated rings. The predicted molar refractivity (Wildman–Crippen MR) is 53.7 cm³/mol. The minimum Gasteiger partial charge on any atom is -0.381 e. The maximum absolute atomic E-state index is 5.36. The van der Waals surface area contributed by atoms with Crippen molar-refractivity contribution < 1.29 is 9.26 Å². The van der Waals surface area contributed by atoms with Gasteiger partial charge in [0.1, 0.15) is 0 Å². The Bertz CT molecular complexity index is 295. The van der Waals surface area contributed by atoms with Crippen molar-refractivity contribution in [2.45, 2.75) is 31.2 Å². The number of aromatic nitrogens is 1. The molecular formula is C11H15N2O2. The lowest BCUT2D eigenvalue weighted by Crippen LogP contribution is -2.03. The van der Waals surface area contributed by atoms with Crippen LogP contribution in [0.3, 0.4) is 0 Å². The second-order valence-corrected chi connectivity index (χ2v) is 4.28. The fraction of sp³-hybridized carbons (Fsp3) is 0.727. The first kappa shape index (κ1) is 9.36. The molecule has 2 aliphatic rings. The summed E-state index contributed by atoms with van der Waals surface area (Å²) in [6.07, 6.45) is 3.34. The summed E-state index contributed by atoms with van der Waals surface area (Å²) in [5.74, 6) is 1.37. The van der Waals surface area contributed by atoms with Crippen LogP contribution in [0.1, 0.15) is 42.7 Å². The first-order chi connectivity index (χ1) is 7.43. The quantitative estimate of drug-likeness (QED) is 0.740. The molecule has 2 aliphatic heterocycles. The topological polar surface area (TPSA) is 49.4 Å². The van der Waals surface area contributed by atoms with Gasteiger partial charge in [0.15, 0.2) is 5.76 Å². The molecule has 3 rings (SSSR count). The maximum Gasteiger partial charge on any atom is 0.155 e. The zero-order valence-electron chi connectivity index (χ0n) is 8.69. The van der Waals surface area contributed by atoms with Crippen LogP contribution in [0.25, 0.3) is 0 Å². The van der Waals surface area contributed by atoms with Gasteiger partial charge >= 0.3 is 0 Å². The average Bonchev–Trinajstić information content (AvgIpc) is 3.02. The van der Waals surface area contributed by atoms with Gasteiger partial charge in [0.25, 0.3) is 0 Å². The summed E-state index contributed by atoms with van der Waals surface area (Å²) >= 11 is 0. The Labute approximate surface area is 89.0 Å². The fourth-order valence-corrected chi connectivity index (χ4v) is 2.28. The lowest BCUT2D eigenvalue weighted by molar-refractivity contribution is 0.193. The summed E-state index contributed by atoms with van der Waals surface area (Å²) in [6, 6.07) is 2.33. The van der Waals surface area contributed by atoms with Crippen LogP contribution in [-0.2, 0) is 4.74 Å². The molecule has 0 aromatic carbocycles. The van der Waals surface area contributed by atoms with E-state index < -0.39 is 0 Å². The van der Waals surface area contributed by atoms with Crippen LogP contribution in [0.2, 0.25) is 0 Å². The van der Waals surface area contributed by atoms with Crippen LogP contribution >= 0.6 is 0 Å². The Morgan fingerprint density at radius 2 is 2.33 bits per heavy atom. The van der Waals surface area contributed by atoms with E-state index in [1.54, 1.807) is 0 Å². The van der Waals surface area contributed by atoms with Crippen molar-refractivity contribution in [3.05, 3.63) is 17.5 Å². The second kappa shape index (κ2) is 3.94. The van der Waals surface area contributed by atoms with Gasteiger partial charge in [-0.05, 0) is 19.3 Å². The van der Waals surface area contributed by atoms with Gasteiger partial charge < -0.3 is 9.26 Å². The summed E-state index contributed by atoms with van der Waals surface area (Å²) in [5.41, 5.74) is 1.05. The molecule has 0 aliphatic carbocycles. The Morgan fingerprint density at radius 1 is 1.33 bits per heavy atom. The highest BCUT2D eigenvalue weighted by Crippen LogP contribution is 2.29. The number of hydrogen-bond donors (Lipinski definition) is 0. The van der Waals surface area contributed by atoms with Gasteiger partial charge in [0.05, 0.1) is 18.3 Å². The molecule has 1 radical (unpaired) electrons. The molecule has 0 saturated carbocycles.